The molecule has 0 saturated carbocycles. The monoisotopic (exact) mass is 272 g/mol. The van der Waals surface area contributed by atoms with Crippen molar-refractivity contribution < 1.29 is 23.1 Å². The minimum absolute atomic E-state index is 0.0291. The lowest BCUT2D eigenvalue weighted by molar-refractivity contribution is -0.140. The summed E-state index contributed by atoms with van der Waals surface area (Å²) in [4.78, 5) is 23.9. The summed E-state index contributed by atoms with van der Waals surface area (Å²) in [6.45, 7) is 0.0291. The van der Waals surface area contributed by atoms with E-state index in [-0.39, 0.29) is 13.0 Å². The minimum Gasteiger partial charge on any atom is -0.469 e. The minimum atomic E-state index is -0.976. The molecule has 0 aromatic heterocycles. The molecule has 0 aliphatic carbocycles. The Bertz CT molecular complexity index is 506. The zero-order chi connectivity index (χ0) is 14.6. The number of ether oxygens (including phenoxy) is 1. The molecule has 1 rings (SSSR count). The Labute approximate surface area is 108 Å². The van der Waals surface area contributed by atoms with Gasteiger partial charge >= 0.3 is 5.97 Å². The van der Waals surface area contributed by atoms with Crippen LogP contribution in [0.15, 0.2) is 12.1 Å². The average molecular weight is 272 g/mol. The third-order valence-corrected chi connectivity index (χ3v) is 2.52. The number of amides is 1. The van der Waals surface area contributed by atoms with Crippen LogP contribution >= 0.6 is 0 Å². The molecule has 0 unspecified atom stereocenters. The summed E-state index contributed by atoms with van der Waals surface area (Å²) in [5.74, 6) is -3.04. The van der Waals surface area contributed by atoms with Crippen LogP contribution in [0.5, 0.6) is 0 Å². The van der Waals surface area contributed by atoms with E-state index in [0.717, 1.165) is 17.0 Å². The second-order valence-electron chi connectivity index (χ2n) is 3.91. The predicted molar refractivity (Wildman–Crippen MR) is 64.4 cm³/mol. The molecule has 7 heteroatoms. The fraction of sp³-hybridized carbons (Fsp3) is 0.333. The molecule has 0 heterocycles. The van der Waals surface area contributed by atoms with Crippen LogP contribution < -0.4 is 5.73 Å². The molecule has 1 aromatic carbocycles. The lowest BCUT2D eigenvalue weighted by Crippen LogP contribution is -2.30. The molecular formula is C12H14F2N2O3. The quantitative estimate of drug-likeness (QED) is 0.660. The van der Waals surface area contributed by atoms with E-state index in [9.17, 15) is 18.4 Å². The zero-order valence-electron chi connectivity index (χ0n) is 10.6. The number of carbonyl (C=O) groups is 2. The molecule has 2 N–H and O–H groups in total. The van der Waals surface area contributed by atoms with Gasteiger partial charge in [0.2, 0.25) is 0 Å². The first-order chi connectivity index (χ1) is 8.86. The molecule has 0 bridgehead atoms. The first kappa shape index (κ1) is 14.9. The molecule has 0 saturated heterocycles. The van der Waals surface area contributed by atoms with Gasteiger partial charge in [-0.2, -0.15) is 0 Å². The largest absolute Gasteiger partial charge is 0.469 e. The number of benzene rings is 1. The number of carbonyl (C=O) groups excluding carboxylic acids is 2. The standard InChI is InChI=1S/C12H14F2N2O3/c1-16(4-3-10(17)19-2)12(18)8-5-7(13)6-9(15)11(8)14/h5-6H,3-4,15H2,1-2H3. The highest BCUT2D eigenvalue weighted by Gasteiger charge is 2.20. The molecule has 0 aliphatic heterocycles. The molecule has 1 amide bonds. The molecule has 104 valence electrons. The van der Waals surface area contributed by atoms with E-state index in [2.05, 4.69) is 4.74 Å². The molecule has 0 atom stereocenters. The molecule has 19 heavy (non-hydrogen) atoms. The normalized spacial score (nSPS) is 10.1. The van der Waals surface area contributed by atoms with E-state index in [1.165, 1.54) is 14.2 Å². The van der Waals surface area contributed by atoms with Crippen molar-refractivity contribution in [2.45, 2.75) is 6.42 Å². The van der Waals surface area contributed by atoms with Gasteiger partial charge in [-0.05, 0) is 12.1 Å². The van der Waals surface area contributed by atoms with Gasteiger partial charge in [0.25, 0.3) is 5.91 Å². The number of nitrogens with two attached hydrogens (primary N) is 1. The summed E-state index contributed by atoms with van der Waals surface area (Å²) in [7, 11) is 2.59. The summed E-state index contributed by atoms with van der Waals surface area (Å²) in [6.07, 6.45) is -0.0366. The summed E-state index contributed by atoms with van der Waals surface area (Å²) in [5.41, 5.74) is 4.34. The predicted octanol–water partition coefficient (Wildman–Crippen LogP) is 1.18. The molecule has 0 radical (unpaired) electrons. The number of anilines is 1. The molecule has 0 spiro atoms. The van der Waals surface area contributed by atoms with Crippen molar-refractivity contribution in [3.63, 3.8) is 0 Å². The fourth-order valence-corrected chi connectivity index (χ4v) is 1.43. The fourth-order valence-electron chi connectivity index (χ4n) is 1.43. The number of halogens is 2. The topological polar surface area (TPSA) is 72.6 Å². The highest BCUT2D eigenvalue weighted by molar-refractivity contribution is 5.95. The van der Waals surface area contributed by atoms with Crippen molar-refractivity contribution >= 4 is 17.6 Å². The van der Waals surface area contributed by atoms with Gasteiger partial charge in [-0.25, -0.2) is 8.78 Å². The van der Waals surface area contributed by atoms with Crippen LogP contribution in [0.2, 0.25) is 0 Å². The number of esters is 1. The SMILES string of the molecule is COC(=O)CCN(C)C(=O)c1cc(F)cc(N)c1F. The zero-order valence-corrected chi connectivity index (χ0v) is 10.6. The van der Waals surface area contributed by atoms with E-state index < -0.39 is 34.8 Å². The van der Waals surface area contributed by atoms with Gasteiger partial charge in [0, 0.05) is 13.6 Å². The van der Waals surface area contributed by atoms with E-state index in [1.54, 1.807) is 0 Å². The number of nitrogens with zero attached hydrogens (tertiary/aromatic N) is 1. The van der Waals surface area contributed by atoms with E-state index >= 15 is 0 Å². The number of methoxy groups -OCH3 is 1. The van der Waals surface area contributed by atoms with Crippen molar-refractivity contribution in [3.05, 3.63) is 29.3 Å². The van der Waals surface area contributed by atoms with E-state index in [1.807, 2.05) is 0 Å². The van der Waals surface area contributed by atoms with Crippen LogP contribution in [-0.4, -0.2) is 37.5 Å². The first-order valence-electron chi connectivity index (χ1n) is 5.43. The van der Waals surface area contributed by atoms with Crippen LogP contribution in [0.4, 0.5) is 14.5 Å². The number of hydrogen-bond donors (Lipinski definition) is 1. The summed E-state index contributed by atoms with van der Waals surface area (Å²) >= 11 is 0. The highest BCUT2D eigenvalue weighted by Crippen LogP contribution is 2.18. The Morgan fingerprint density at radius 1 is 1.37 bits per heavy atom. The van der Waals surface area contributed by atoms with Crippen LogP contribution in [0.3, 0.4) is 0 Å². The number of hydrogen-bond acceptors (Lipinski definition) is 4. The Balaban J connectivity index is 2.85. The lowest BCUT2D eigenvalue weighted by Gasteiger charge is -2.17. The van der Waals surface area contributed by atoms with Crippen LogP contribution in [0, 0.1) is 11.6 Å². The maximum Gasteiger partial charge on any atom is 0.307 e. The summed E-state index contributed by atoms with van der Waals surface area (Å²) in [5, 5.41) is 0. The van der Waals surface area contributed by atoms with Gasteiger partial charge in [0.1, 0.15) is 5.82 Å². The average Bonchev–Trinajstić information content (AvgIpc) is 2.38. The van der Waals surface area contributed by atoms with Crippen LogP contribution in [0.25, 0.3) is 0 Å². The molecule has 0 aliphatic rings. The Kier molecular flexibility index (Phi) is 4.80. The van der Waals surface area contributed by atoms with Crippen molar-refractivity contribution in [2.75, 3.05) is 26.4 Å². The Morgan fingerprint density at radius 2 is 2.00 bits per heavy atom. The second-order valence-corrected chi connectivity index (χ2v) is 3.91. The van der Waals surface area contributed by atoms with Crippen molar-refractivity contribution in [1.82, 2.24) is 4.90 Å². The Hall–Kier alpha value is -2.18. The van der Waals surface area contributed by atoms with Crippen molar-refractivity contribution in [3.8, 4) is 0 Å². The van der Waals surface area contributed by atoms with Gasteiger partial charge in [0.05, 0.1) is 24.8 Å². The third-order valence-electron chi connectivity index (χ3n) is 2.52. The number of nitrogen functional groups attached to an aromatic ring is 1. The lowest BCUT2D eigenvalue weighted by atomic mass is 10.1. The first-order valence-corrected chi connectivity index (χ1v) is 5.43. The van der Waals surface area contributed by atoms with Gasteiger partial charge in [-0.15, -0.1) is 0 Å². The van der Waals surface area contributed by atoms with Gasteiger partial charge in [-0.1, -0.05) is 0 Å². The smallest absolute Gasteiger partial charge is 0.307 e. The van der Waals surface area contributed by atoms with Crippen LogP contribution in [0.1, 0.15) is 16.8 Å². The maximum absolute atomic E-state index is 13.6. The third kappa shape index (κ3) is 3.64. The van der Waals surface area contributed by atoms with Crippen molar-refractivity contribution in [1.29, 1.82) is 0 Å². The molecule has 1 aromatic rings. The molecular weight excluding hydrogens is 258 g/mol. The second kappa shape index (κ2) is 6.12. The van der Waals surface area contributed by atoms with Gasteiger partial charge in [0.15, 0.2) is 5.82 Å². The van der Waals surface area contributed by atoms with Gasteiger partial charge in [-0.3, -0.25) is 9.59 Å². The van der Waals surface area contributed by atoms with Crippen LogP contribution in [-0.2, 0) is 9.53 Å². The summed E-state index contributed by atoms with van der Waals surface area (Å²) in [6, 6.07) is 1.56. The highest BCUT2D eigenvalue weighted by atomic mass is 19.1. The van der Waals surface area contributed by atoms with Gasteiger partial charge < -0.3 is 15.4 Å². The van der Waals surface area contributed by atoms with Crippen molar-refractivity contribution in [2.24, 2.45) is 0 Å². The van der Waals surface area contributed by atoms with E-state index in [4.69, 9.17) is 5.73 Å². The van der Waals surface area contributed by atoms with E-state index in [0.29, 0.717) is 0 Å². The Morgan fingerprint density at radius 3 is 2.58 bits per heavy atom. The molecule has 5 nitrogen and oxygen atoms in total. The molecule has 0 fully saturated rings. The number of rotatable bonds is 4. The maximum atomic E-state index is 13.6. The summed E-state index contributed by atoms with van der Waals surface area (Å²) < 4.78 is 31.2.